The molecule has 5 nitrogen and oxygen atoms in total. The summed E-state index contributed by atoms with van der Waals surface area (Å²) in [6.45, 7) is 1.90. The molecule has 96 valence electrons. The minimum Gasteiger partial charge on any atom is -0.449 e. The lowest BCUT2D eigenvalue weighted by atomic mass is 10.1. The Morgan fingerprint density at radius 3 is 2.68 bits per heavy atom. The van der Waals surface area contributed by atoms with Crippen LogP contribution in [-0.4, -0.2) is 23.5 Å². The third-order valence-corrected chi connectivity index (χ3v) is 2.72. The molecular formula is C14H12N2O3. The largest absolute Gasteiger partial charge is 0.449 e. The van der Waals surface area contributed by atoms with E-state index in [9.17, 15) is 9.59 Å². The highest BCUT2D eigenvalue weighted by atomic mass is 16.6. The number of amides is 2. The smallest absolute Gasteiger partial charge is 0.421 e. The number of hydrogen-bond donors (Lipinski definition) is 0. The van der Waals surface area contributed by atoms with E-state index in [1.807, 2.05) is 6.07 Å². The van der Waals surface area contributed by atoms with Crippen LogP contribution in [0.2, 0.25) is 0 Å². The van der Waals surface area contributed by atoms with Gasteiger partial charge in [-0.15, -0.1) is 0 Å². The lowest BCUT2D eigenvalue weighted by Crippen LogP contribution is -2.32. The van der Waals surface area contributed by atoms with Crippen molar-refractivity contribution in [2.75, 3.05) is 6.61 Å². The molecule has 0 aliphatic carbocycles. The molecule has 0 unspecified atom stereocenters. The van der Waals surface area contributed by atoms with Crippen LogP contribution in [0.15, 0.2) is 30.3 Å². The Morgan fingerprint density at radius 2 is 2.11 bits per heavy atom. The summed E-state index contributed by atoms with van der Waals surface area (Å²) in [7, 11) is 0. The Balaban J connectivity index is 2.29. The van der Waals surface area contributed by atoms with Gasteiger partial charge in [-0.2, -0.15) is 5.26 Å². The molecule has 1 aromatic carbocycles. The summed E-state index contributed by atoms with van der Waals surface area (Å²) >= 11 is 0. The van der Waals surface area contributed by atoms with Gasteiger partial charge in [0.25, 0.3) is 0 Å². The maximum Gasteiger partial charge on any atom is 0.421 e. The number of rotatable bonds is 2. The Hall–Kier alpha value is -2.61. The van der Waals surface area contributed by atoms with Crippen molar-refractivity contribution in [2.45, 2.75) is 13.3 Å². The second kappa shape index (κ2) is 5.36. The van der Waals surface area contributed by atoms with E-state index in [1.165, 1.54) is 0 Å². The molecule has 5 heteroatoms. The van der Waals surface area contributed by atoms with E-state index in [0.29, 0.717) is 16.8 Å². The fraction of sp³-hybridized carbons (Fsp3) is 0.214. The SMILES string of the molecule is CCOC(=O)N1C(=O)CC=C1c1ccc(C#N)cc1. The van der Waals surface area contributed by atoms with Gasteiger partial charge in [0, 0.05) is 6.42 Å². The Kier molecular flexibility index (Phi) is 3.62. The maximum absolute atomic E-state index is 11.8. The van der Waals surface area contributed by atoms with Crippen LogP contribution in [0.3, 0.4) is 0 Å². The van der Waals surface area contributed by atoms with Gasteiger partial charge in [0.15, 0.2) is 0 Å². The number of carbonyl (C=O) groups is 2. The first-order valence-corrected chi connectivity index (χ1v) is 5.87. The lowest BCUT2D eigenvalue weighted by Gasteiger charge is -2.17. The second-order valence-corrected chi connectivity index (χ2v) is 3.91. The number of benzene rings is 1. The van der Waals surface area contributed by atoms with E-state index in [0.717, 1.165) is 4.90 Å². The molecule has 0 N–H and O–H groups in total. The van der Waals surface area contributed by atoms with Crippen LogP contribution < -0.4 is 0 Å². The fourth-order valence-electron chi connectivity index (χ4n) is 1.85. The molecule has 0 spiro atoms. The molecule has 2 rings (SSSR count). The number of ether oxygens (including phenoxy) is 1. The molecule has 19 heavy (non-hydrogen) atoms. The zero-order valence-corrected chi connectivity index (χ0v) is 10.4. The highest BCUT2D eigenvalue weighted by Gasteiger charge is 2.31. The average Bonchev–Trinajstić information content (AvgIpc) is 2.81. The van der Waals surface area contributed by atoms with Crippen molar-refractivity contribution in [1.82, 2.24) is 4.90 Å². The number of nitrogens with zero attached hydrogens (tertiary/aromatic N) is 2. The summed E-state index contributed by atoms with van der Waals surface area (Å²) in [5, 5.41) is 8.74. The van der Waals surface area contributed by atoms with Gasteiger partial charge >= 0.3 is 6.09 Å². The first kappa shape index (κ1) is 12.8. The number of carbonyl (C=O) groups excluding carboxylic acids is 2. The average molecular weight is 256 g/mol. The molecule has 0 aromatic heterocycles. The predicted molar refractivity (Wildman–Crippen MR) is 67.6 cm³/mol. The first-order valence-electron chi connectivity index (χ1n) is 5.87. The Labute approximate surface area is 110 Å². The predicted octanol–water partition coefficient (Wildman–Crippen LogP) is 2.29. The van der Waals surface area contributed by atoms with Gasteiger partial charge in [0.1, 0.15) is 0 Å². The summed E-state index contributed by atoms with van der Waals surface area (Å²) in [6.07, 6.45) is 1.19. The van der Waals surface area contributed by atoms with E-state index in [4.69, 9.17) is 10.00 Å². The number of imide groups is 1. The molecule has 1 aliphatic heterocycles. The molecule has 0 saturated heterocycles. The molecule has 0 fully saturated rings. The van der Waals surface area contributed by atoms with Crippen molar-refractivity contribution in [3.05, 3.63) is 41.5 Å². The van der Waals surface area contributed by atoms with Gasteiger partial charge in [-0.25, -0.2) is 9.69 Å². The van der Waals surface area contributed by atoms with Gasteiger partial charge in [0.2, 0.25) is 5.91 Å². The van der Waals surface area contributed by atoms with Crippen molar-refractivity contribution in [3.63, 3.8) is 0 Å². The standard InChI is InChI=1S/C14H12N2O3/c1-2-19-14(18)16-12(7-8-13(16)17)11-5-3-10(9-15)4-6-11/h3-7H,2,8H2,1H3. The van der Waals surface area contributed by atoms with Crippen molar-refractivity contribution >= 4 is 17.7 Å². The van der Waals surface area contributed by atoms with Gasteiger partial charge in [-0.3, -0.25) is 4.79 Å². The third-order valence-electron chi connectivity index (χ3n) is 2.72. The Morgan fingerprint density at radius 1 is 1.42 bits per heavy atom. The molecule has 2 amide bonds. The van der Waals surface area contributed by atoms with Gasteiger partial charge < -0.3 is 4.74 Å². The van der Waals surface area contributed by atoms with Crippen molar-refractivity contribution in [2.24, 2.45) is 0 Å². The topological polar surface area (TPSA) is 70.4 Å². The van der Waals surface area contributed by atoms with E-state index in [2.05, 4.69) is 0 Å². The Bertz CT molecular complexity index is 582. The van der Waals surface area contributed by atoms with Crippen LogP contribution in [0.5, 0.6) is 0 Å². The first-order chi connectivity index (χ1) is 9.17. The highest BCUT2D eigenvalue weighted by molar-refractivity contribution is 6.05. The molecular weight excluding hydrogens is 244 g/mol. The van der Waals surface area contributed by atoms with Crippen LogP contribution in [0.4, 0.5) is 4.79 Å². The van der Waals surface area contributed by atoms with Crippen LogP contribution >= 0.6 is 0 Å². The minimum absolute atomic E-state index is 0.175. The molecule has 1 heterocycles. The van der Waals surface area contributed by atoms with E-state index in [-0.39, 0.29) is 18.9 Å². The number of hydrogen-bond acceptors (Lipinski definition) is 4. The summed E-state index contributed by atoms with van der Waals surface area (Å²) in [4.78, 5) is 24.5. The molecule has 1 aliphatic rings. The maximum atomic E-state index is 11.8. The quantitative estimate of drug-likeness (QED) is 0.813. The van der Waals surface area contributed by atoms with Crippen LogP contribution in [-0.2, 0) is 9.53 Å². The zero-order valence-electron chi connectivity index (χ0n) is 10.4. The summed E-state index contributed by atoms with van der Waals surface area (Å²) < 4.78 is 4.87. The summed E-state index contributed by atoms with van der Waals surface area (Å²) in [6, 6.07) is 8.71. The van der Waals surface area contributed by atoms with E-state index >= 15 is 0 Å². The van der Waals surface area contributed by atoms with E-state index in [1.54, 1.807) is 37.3 Å². The molecule has 0 saturated carbocycles. The van der Waals surface area contributed by atoms with Crippen molar-refractivity contribution in [3.8, 4) is 6.07 Å². The normalized spacial score (nSPS) is 14.0. The van der Waals surface area contributed by atoms with Crippen molar-refractivity contribution < 1.29 is 14.3 Å². The van der Waals surface area contributed by atoms with E-state index < -0.39 is 6.09 Å². The highest BCUT2D eigenvalue weighted by Crippen LogP contribution is 2.27. The zero-order chi connectivity index (χ0) is 13.8. The minimum atomic E-state index is -0.666. The van der Waals surface area contributed by atoms with Crippen LogP contribution in [0.1, 0.15) is 24.5 Å². The van der Waals surface area contributed by atoms with Gasteiger partial charge in [-0.1, -0.05) is 18.2 Å². The van der Waals surface area contributed by atoms with Gasteiger partial charge in [-0.05, 0) is 24.6 Å². The summed E-state index contributed by atoms with van der Waals surface area (Å²) in [5.74, 6) is -0.308. The third kappa shape index (κ3) is 2.47. The molecule has 0 atom stereocenters. The van der Waals surface area contributed by atoms with Crippen LogP contribution in [0, 0.1) is 11.3 Å². The lowest BCUT2D eigenvalue weighted by molar-refractivity contribution is -0.124. The molecule has 0 bridgehead atoms. The number of nitriles is 1. The molecule has 0 radical (unpaired) electrons. The monoisotopic (exact) mass is 256 g/mol. The fourth-order valence-corrected chi connectivity index (χ4v) is 1.85. The second-order valence-electron chi connectivity index (χ2n) is 3.91. The van der Waals surface area contributed by atoms with Crippen LogP contribution in [0.25, 0.3) is 5.70 Å². The van der Waals surface area contributed by atoms with Crippen molar-refractivity contribution in [1.29, 1.82) is 5.26 Å². The molecule has 1 aromatic rings. The van der Waals surface area contributed by atoms with Gasteiger partial charge in [0.05, 0.1) is 23.9 Å². The summed E-state index contributed by atoms with van der Waals surface area (Å²) in [5.41, 5.74) is 1.74.